The maximum Gasteiger partial charge on any atom is 0.351 e. The Morgan fingerprint density at radius 2 is 2.04 bits per heavy atom. The molecule has 0 amide bonds. The first-order chi connectivity index (χ1) is 11.1. The average Bonchev–Trinajstić information content (AvgIpc) is 2.84. The van der Waals surface area contributed by atoms with Crippen LogP contribution in [0.25, 0.3) is 0 Å². The Balaban J connectivity index is 1.82. The number of hydrogen-bond acceptors (Lipinski definition) is 6. The summed E-state index contributed by atoms with van der Waals surface area (Å²) in [6, 6.07) is 10.7. The summed E-state index contributed by atoms with van der Waals surface area (Å²) in [5.74, 6) is 0.310. The zero-order valence-electron chi connectivity index (χ0n) is 12.0. The van der Waals surface area contributed by atoms with E-state index >= 15 is 0 Å². The third-order valence-corrected chi connectivity index (χ3v) is 3.62. The van der Waals surface area contributed by atoms with Gasteiger partial charge in [0.05, 0.1) is 6.61 Å². The highest BCUT2D eigenvalue weighted by Gasteiger charge is 2.45. The molecule has 0 bridgehead atoms. The number of halogens is 1. The molecule has 8 heteroatoms. The number of alkyl halides is 1. The summed E-state index contributed by atoms with van der Waals surface area (Å²) in [7, 11) is 0. The number of para-hydroxylation sites is 1. The second kappa shape index (κ2) is 6.45. The number of rotatable bonds is 4. The van der Waals surface area contributed by atoms with Crippen LogP contribution in [0.3, 0.4) is 0 Å². The minimum atomic E-state index is -1.82. The van der Waals surface area contributed by atoms with E-state index in [0.717, 1.165) is 10.3 Å². The number of aromatic nitrogens is 2. The standard InChI is InChI=1S/C15H16FN3O4/c16-12-13(21)10(8-20)23-14(12)19-7-6-11(18-15(19)22)17-9-4-2-1-3-5-9/h1-7,10,12-14,20-21H,8H2,(H,17,18,22)/t10-,12?,13+,14-/m1/s1. The van der Waals surface area contributed by atoms with E-state index in [1.165, 1.54) is 12.3 Å². The summed E-state index contributed by atoms with van der Waals surface area (Å²) in [6.07, 6.45) is -4.35. The fourth-order valence-electron chi connectivity index (χ4n) is 2.42. The van der Waals surface area contributed by atoms with Crippen molar-refractivity contribution in [3.63, 3.8) is 0 Å². The lowest BCUT2D eigenvalue weighted by atomic mass is 10.1. The van der Waals surface area contributed by atoms with Gasteiger partial charge < -0.3 is 20.3 Å². The first-order valence-corrected chi connectivity index (χ1v) is 7.10. The van der Waals surface area contributed by atoms with Crippen molar-refractivity contribution in [1.29, 1.82) is 0 Å². The van der Waals surface area contributed by atoms with Gasteiger partial charge in [-0.3, -0.25) is 4.57 Å². The Morgan fingerprint density at radius 3 is 2.65 bits per heavy atom. The van der Waals surface area contributed by atoms with Crippen molar-refractivity contribution in [2.45, 2.75) is 24.6 Å². The lowest BCUT2D eigenvalue weighted by molar-refractivity contribution is -0.0490. The largest absolute Gasteiger partial charge is 0.394 e. The molecule has 122 valence electrons. The van der Waals surface area contributed by atoms with Crippen LogP contribution in [-0.2, 0) is 4.74 Å². The SMILES string of the molecule is O=c1nc(Nc2ccccc2)ccn1[C@@H]1O[C@H](CO)[C@H](O)C1F. The van der Waals surface area contributed by atoms with Crippen molar-refractivity contribution in [3.8, 4) is 0 Å². The molecule has 7 nitrogen and oxygen atoms in total. The second-order valence-corrected chi connectivity index (χ2v) is 5.18. The molecule has 1 saturated heterocycles. The van der Waals surface area contributed by atoms with Crippen molar-refractivity contribution in [3.05, 3.63) is 53.1 Å². The summed E-state index contributed by atoms with van der Waals surface area (Å²) >= 11 is 0. The molecule has 23 heavy (non-hydrogen) atoms. The van der Waals surface area contributed by atoms with Crippen LogP contribution < -0.4 is 11.0 Å². The number of nitrogens with one attached hydrogen (secondary N) is 1. The molecular weight excluding hydrogens is 305 g/mol. The molecule has 1 aliphatic rings. The Bertz CT molecular complexity index is 724. The maximum atomic E-state index is 14.0. The van der Waals surface area contributed by atoms with Gasteiger partial charge in [-0.2, -0.15) is 4.98 Å². The molecule has 1 aromatic carbocycles. The molecule has 2 heterocycles. The summed E-state index contributed by atoms with van der Waals surface area (Å²) < 4.78 is 20.2. The van der Waals surface area contributed by atoms with E-state index in [9.17, 15) is 14.3 Å². The lowest BCUT2D eigenvalue weighted by Gasteiger charge is -2.16. The second-order valence-electron chi connectivity index (χ2n) is 5.18. The molecule has 3 N–H and O–H groups in total. The van der Waals surface area contributed by atoms with Crippen LogP contribution in [0.1, 0.15) is 6.23 Å². The van der Waals surface area contributed by atoms with E-state index in [2.05, 4.69) is 10.3 Å². The van der Waals surface area contributed by atoms with Crippen molar-refractivity contribution in [1.82, 2.24) is 9.55 Å². The molecule has 0 spiro atoms. The number of benzene rings is 1. The Kier molecular flexibility index (Phi) is 4.37. The van der Waals surface area contributed by atoms with Gasteiger partial charge in [-0.15, -0.1) is 0 Å². The van der Waals surface area contributed by atoms with Gasteiger partial charge >= 0.3 is 5.69 Å². The third-order valence-electron chi connectivity index (χ3n) is 3.62. The Hall–Kier alpha value is -2.29. The van der Waals surface area contributed by atoms with E-state index in [1.807, 2.05) is 30.3 Å². The highest BCUT2D eigenvalue weighted by Crippen LogP contribution is 2.30. The number of hydrogen-bond donors (Lipinski definition) is 3. The molecule has 0 saturated carbocycles. The van der Waals surface area contributed by atoms with Crippen molar-refractivity contribution in [2.75, 3.05) is 11.9 Å². The lowest BCUT2D eigenvalue weighted by Crippen LogP contribution is -2.33. The average molecular weight is 321 g/mol. The van der Waals surface area contributed by atoms with Crippen LogP contribution in [0.4, 0.5) is 15.9 Å². The molecule has 1 unspecified atom stereocenters. The van der Waals surface area contributed by atoms with E-state index < -0.39 is 36.9 Å². The fraction of sp³-hybridized carbons (Fsp3) is 0.333. The summed E-state index contributed by atoms with van der Waals surface area (Å²) in [4.78, 5) is 15.9. The van der Waals surface area contributed by atoms with Crippen LogP contribution >= 0.6 is 0 Å². The molecule has 0 aliphatic carbocycles. The van der Waals surface area contributed by atoms with Gasteiger partial charge in [0.25, 0.3) is 0 Å². The van der Waals surface area contributed by atoms with Gasteiger partial charge in [-0.05, 0) is 18.2 Å². The van der Waals surface area contributed by atoms with Gasteiger partial charge in [-0.25, -0.2) is 9.18 Å². The molecule has 2 aromatic rings. The molecule has 0 radical (unpaired) electrons. The van der Waals surface area contributed by atoms with E-state index in [4.69, 9.17) is 9.84 Å². The first kappa shape index (κ1) is 15.6. The van der Waals surface area contributed by atoms with Gasteiger partial charge in [0.1, 0.15) is 18.0 Å². The van der Waals surface area contributed by atoms with Gasteiger partial charge in [0.2, 0.25) is 0 Å². The predicted molar refractivity (Wildman–Crippen MR) is 80.1 cm³/mol. The number of ether oxygens (including phenoxy) is 1. The predicted octanol–water partition coefficient (Wildman–Crippen LogP) is 0.576. The quantitative estimate of drug-likeness (QED) is 0.762. The highest BCUT2D eigenvalue weighted by molar-refractivity contribution is 5.54. The number of anilines is 2. The highest BCUT2D eigenvalue weighted by atomic mass is 19.1. The van der Waals surface area contributed by atoms with Crippen molar-refractivity contribution in [2.24, 2.45) is 0 Å². The minimum Gasteiger partial charge on any atom is -0.394 e. The molecule has 1 aliphatic heterocycles. The minimum absolute atomic E-state index is 0.310. The van der Waals surface area contributed by atoms with Crippen molar-refractivity contribution >= 4 is 11.5 Å². The van der Waals surface area contributed by atoms with E-state index in [1.54, 1.807) is 0 Å². The topological polar surface area (TPSA) is 96.6 Å². The van der Waals surface area contributed by atoms with Gasteiger partial charge in [-0.1, -0.05) is 18.2 Å². The summed E-state index contributed by atoms with van der Waals surface area (Å²) in [6.45, 7) is -0.534. The smallest absolute Gasteiger partial charge is 0.351 e. The zero-order chi connectivity index (χ0) is 16.4. The van der Waals surface area contributed by atoms with Crippen LogP contribution in [0, 0.1) is 0 Å². The van der Waals surface area contributed by atoms with Gasteiger partial charge in [0.15, 0.2) is 12.4 Å². The molecule has 1 aromatic heterocycles. The summed E-state index contributed by atoms with van der Waals surface area (Å²) in [5.41, 5.74) is 0.0396. The zero-order valence-corrected chi connectivity index (χ0v) is 12.0. The Morgan fingerprint density at radius 1 is 1.30 bits per heavy atom. The van der Waals surface area contributed by atoms with Crippen molar-refractivity contribution < 1.29 is 19.3 Å². The number of aliphatic hydroxyl groups excluding tert-OH is 2. The van der Waals surface area contributed by atoms with Crippen LogP contribution in [0.2, 0.25) is 0 Å². The van der Waals surface area contributed by atoms with Gasteiger partial charge in [0, 0.05) is 11.9 Å². The number of aliphatic hydroxyl groups is 2. The molecule has 4 atom stereocenters. The Labute approximate surface area is 131 Å². The van der Waals surface area contributed by atoms with E-state index in [0.29, 0.717) is 5.82 Å². The monoisotopic (exact) mass is 321 g/mol. The van der Waals surface area contributed by atoms with Crippen LogP contribution in [0.15, 0.2) is 47.4 Å². The number of nitrogens with zero attached hydrogens (tertiary/aromatic N) is 2. The third kappa shape index (κ3) is 3.09. The fourth-order valence-corrected chi connectivity index (χ4v) is 2.42. The summed E-state index contributed by atoms with van der Waals surface area (Å²) in [5, 5.41) is 21.6. The maximum absolute atomic E-state index is 14.0. The van der Waals surface area contributed by atoms with E-state index in [-0.39, 0.29) is 0 Å². The van der Waals surface area contributed by atoms with Crippen LogP contribution in [-0.4, -0.2) is 44.8 Å². The molecule has 3 rings (SSSR count). The first-order valence-electron chi connectivity index (χ1n) is 7.10. The molecule has 1 fully saturated rings. The van der Waals surface area contributed by atoms with Crippen LogP contribution in [0.5, 0.6) is 0 Å². The molecular formula is C15H16FN3O4. The normalized spacial score (nSPS) is 27.1.